The molecule has 0 saturated carbocycles. The first-order valence-electron chi connectivity index (χ1n) is 9.28. The predicted molar refractivity (Wildman–Crippen MR) is 114 cm³/mol. The molecule has 3 rings (SSSR count). The molecule has 26 heavy (non-hydrogen) atoms. The molecule has 3 aromatic rings. The third kappa shape index (κ3) is 4.64. The summed E-state index contributed by atoms with van der Waals surface area (Å²) in [4.78, 5) is 0. The lowest BCUT2D eigenvalue weighted by Gasteiger charge is -2.28. The van der Waals surface area contributed by atoms with Crippen molar-refractivity contribution in [3.63, 3.8) is 0 Å². The van der Waals surface area contributed by atoms with Crippen LogP contribution in [0.3, 0.4) is 0 Å². The molecule has 0 heterocycles. The van der Waals surface area contributed by atoms with Gasteiger partial charge in [0.15, 0.2) is 0 Å². The van der Waals surface area contributed by atoms with Crippen molar-refractivity contribution in [3.8, 4) is 0 Å². The highest BCUT2D eigenvalue weighted by molar-refractivity contribution is 7.95. The summed E-state index contributed by atoms with van der Waals surface area (Å²) in [6, 6.07) is 33.6. The lowest BCUT2D eigenvalue weighted by atomic mass is 10.1. The third-order valence-electron chi connectivity index (χ3n) is 4.87. The van der Waals surface area contributed by atoms with Crippen molar-refractivity contribution >= 4 is 23.2 Å². The molecule has 0 amide bonds. The van der Waals surface area contributed by atoms with Crippen LogP contribution in [-0.2, 0) is 0 Å². The minimum absolute atomic E-state index is 0. The molecule has 0 bridgehead atoms. The highest BCUT2D eigenvalue weighted by Gasteiger charge is 2.44. The Morgan fingerprint density at radius 1 is 0.615 bits per heavy atom. The van der Waals surface area contributed by atoms with E-state index in [-0.39, 0.29) is 17.0 Å². The second kappa shape index (κ2) is 10.0. The third-order valence-corrected chi connectivity index (χ3v) is 9.39. The van der Waals surface area contributed by atoms with E-state index in [1.54, 1.807) is 0 Å². The fourth-order valence-corrected chi connectivity index (χ4v) is 7.99. The van der Waals surface area contributed by atoms with Crippen LogP contribution < -0.4 is 32.9 Å². The van der Waals surface area contributed by atoms with Crippen molar-refractivity contribution in [2.24, 2.45) is 5.92 Å². The molecule has 0 aromatic heterocycles. The molecule has 0 radical (unpaired) electrons. The summed E-state index contributed by atoms with van der Waals surface area (Å²) in [7, 11) is -1.61. The van der Waals surface area contributed by atoms with E-state index >= 15 is 0 Å². The van der Waals surface area contributed by atoms with Gasteiger partial charge in [0.1, 0.15) is 23.2 Å². The van der Waals surface area contributed by atoms with E-state index in [0.717, 1.165) is 5.92 Å². The van der Waals surface area contributed by atoms with Crippen molar-refractivity contribution in [3.05, 3.63) is 91.0 Å². The molecule has 0 atom stereocenters. The van der Waals surface area contributed by atoms with Crippen LogP contribution in [0.2, 0.25) is 0 Å². The topological polar surface area (TPSA) is 0 Å². The van der Waals surface area contributed by atoms with E-state index in [2.05, 4.69) is 105 Å². The van der Waals surface area contributed by atoms with Gasteiger partial charge in [-0.05, 0) is 55.2 Å². The zero-order chi connectivity index (χ0) is 17.5. The number of rotatable bonds is 7. The Hall–Kier alpha value is -1.43. The molecular weight excluding hydrogens is 399 g/mol. The van der Waals surface area contributed by atoms with Crippen LogP contribution in [0.15, 0.2) is 91.0 Å². The Kier molecular flexibility index (Phi) is 8.07. The van der Waals surface area contributed by atoms with E-state index in [1.807, 2.05) is 0 Å². The first kappa shape index (κ1) is 20.9. The Morgan fingerprint density at radius 3 is 1.27 bits per heavy atom. The zero-order valence-corrected chi connectivity index (χ0v) is 18.2. The first-order valence-corrected chi connectivity index (χ1v) is 11.3. The van der Waals surface area contributed by atoms with Crippen LogP contribution in [0.1, 0.15) is 26.7 Å². The Labute approximate surface area is 169 Å². The predicted octanol–water partition coefficient (Wildman–Crippen LogP) is 2.42. The summed E-state index contributed by atoms with van der Waals surface area (Å²) in [6.45, 7) is 4.65. The van der Waals surface area contributed by atoms with Gasteiger partial charge in [-0.2, -0.15) is 0 Å². The molecule has 0 spiro atoms. The average molecular weight is 427 g/mol. The number of hydrogen-bond donors (Lipinski definition) is 0. The molecule has 0 unspecified atom stereocenters. The fraction of sp³-hybridized carbons (Fsp3) is 0.250. The van der Waals surface area contributed by atoms with Gasteiger partial charge >= 0.3 is 0 Å². The van der Waals surface area contributed by atoms with Gasteiger partial charge in [-0.1, -0.05) is 68.4 Å². The van der Waals surface area contributed by atoms with E-state index in [4.69, 9.17) is 0 Å². The van der Waals surface area contributed by atoms with Crippen molar-refractivity contribution < 1.29 is 17.0 Å². The molecular formula is C24H28BrP. The van der Waals surface area contributed by atoms with Gasteiger partial charge in [0.2, 0.25) is 0 Å². The summed E-state index contributed by atoms with van der Waals surface area (Å²) < 4.78 is 0. The average Bonchev–Trinajstić information content (AvgIpc) is 2.67. The maximum Gasteiger partial charge on any atom is 0.112 e. The van der Waals surface area contributed by atoms with E-state index in [1.165, 1.54) is 34.9 Å². The standard InChI is InChI=1S/C24H28P.BrH/c1-21(2)13-12-20-25(22-14-6-3-7-15-22,23-16-8-4-9-17-23)24-18-10-5-11-19-24;/h3-11,14-19,21H,12-13,20H2,1-2H3;1H/q+1;/p-1. The summed E-state index contributed by atoms with van der Waals surface area (Å²) >= 11 is 0. The molecule has 0 aliphatic rings. The van der Waals surface area contributed by atoms with Crippen LogP contribution in [0.5, 0.6) is 0 Å². The number of hydrogen-bond acceptors (Lipinski definition) is 0. The SMILES string of the molecule is CC(C)CCC[P+](c1ccccc1)(c1ccccc1)c1ccccc1.[Br-]. The Balaban J connectivity index is 0.00000243. The van der Waals surface area contributed by atoms with Gasteiger partial charge in [-0.25, -0.2) is 0 Å². The molecule has 3 aromatic carbocycles. The van der Waals surface area contributed by atoms with Crippen LogP contribution in [0.25, 0.3) is 0 Å². The Bertz CT molecular complexity index is 657. The van der Waals surface area contributed by atoms with Crippen molar-refractivity contribution in [2.75, 3.05) is 6.16 Å². The van der Waals surface area contributed by atoms with Crippen molar-refractivity contribution in [2.45, 2.75) is 26.7 Å². The maximum atomic E-state index is 2.34. The molecule has 2 heteroatoms. The summed E-state index contributed by atoms with van der Waals surface area (Å²) in [5, 5.41) is 4.49. The van der Waals surface area contributed by atoms with Gasteiger partial charge in [-0.3, -0.25) is 0 Å². The van der Waals surface area contributed by atoms with E-state index < -0.39 is 7.26 Å². The highest BCUT2D eigenvalue weighted by atomic mass is 79.9. The number of benzene rings is 3. The molecule has 0 aliphatic heterocycles. The summed E-state index contributed by atoms with van der Waals surface area (Å²) in [6.07, 6.45) is 3.79. The highest BCUT2D eigenvalue weighted by Crippen LogP contribution is 2.56. The van der Waals surface area contributed by atoms with Gasteiger partial charge < -0.3 is 17.0 Å². The van der Waals surface area contributed by atoms with Crippen LogP contribution >= 0.6 is 7.26 Å². The van der Waals surface area contributed by atoms with Gasteiger partial charge in [0, 0.05) is 0 Å². The molecule has 0 saturated heterocycles. The quantitative estimate of drug-likeness (QED) is 0.509. The second-order valence-corrected chi connectivity index (χ2v) is 10.7. The lowest BCUT2D eigenvalue weighted by Crippen LogP contribution is -3.00. The molecule has 0 fully saturated rings. The van der Waals surface area contributed by atoms with Crippen molar-refractivity contribution in [1.82, 2.24) is 0 Å². The molecule has 0 aliphatic carbocycles. The minimum Gasteiger partial charge on any atom is -1.00 e. The second-order valence-electron chi connectivity index (χ2n) is 7.08. The summed E-state index contributed by atoms with van der Waals surface area (Å²) in [5.41, 5.74) is 0. The van der Waals surface area contributed by atoms with Crippen LogP contribution in [0, 0.1) is 5.92 Å². The van der Waals surface area contributed by atoms with E-state index in [0.29, 0.717) is 0 Å². The molecule has 0 nitrogen and oxygen atoms in total. The molecule has 0 N–H and O–H groups in total. The van der Waals surface area contributed by atoms with Crippen LogP contribution in [0.4, 0.5) is 0 Å². The number of halogens is 1. The monoisotopic (exact) mass is 426 g/mol. The zero-order valence-electron chi connectivity index (χ0n) is 15.7. The van der Waals surface area contributed by atoms with Gasteiger partial charge in [-0.15, -0.1) is 0 Å². The smallest absolute Gasteiger partial charge is 0.112 e. The van der Waals surface area contributed by atoms with Crippen molar-refractivity contribution in [1.29, 1.82) is 0 Å². The van der Waals surface area contributed by atoms with Crippen LogP contribution in [-0.4, -0.2) is 6.16 Å². The first-order chi connectivity index (χ1) is 12.2. The molecule has 136 valence electrons. The minimum atomic E-state index is -1.61. The largest absolute Gasteiger partial charge is 1.00 e. The lowest BCUT2D eigenvalue weighted by molar-refractivity contribution is -0.00000514. The maximum absolute atomic E-state index is 2.34. The fourth-order valence-electron chi connectivity index (χ4n) is 3.62. The normalized spacial score (nSPS) is 11.2. The van der Waals surface area contributed by atoms with Gasteiger partial charge in [0.25, 0.3) is 0 Å². The van der Waals surface area contributed by atoms with E-state index in [9.17, 15) is 0 Å². The summed E-state index contributed by atoms with van der Waals surface area (Å²) in [5.74, 6) is 0.754. The Morgan fingerprint density at radius 2 is 0.962 bits per heavy atom. The van der Waals surface area contributed by atoms with Gasteiger partial charge in [0.05, 0.1) is 6.16 Å².